The number of nitrogens with one attached hydrogen (secondary N) is 2. The van der Waals surface area contributed by atoms with Gasteiger partial charge in [0.15, 0.2) is 0 Å². The summed E-state index contributed by atoms with van der Waals surface area (Å²) in [4.78, 5) is 11.5. The van der Waals surface area contributed by atoms with Crippen LogP contribution in [-0.2, 0) is 4.79 Å². The molecule has 100 valence electrons. The molecule has 0 saturated carbocycles. The SMILES string of the molecule is CCNCC(=O)Nc1ccc(OC(C)CC)cc1. The highest BCUT2D eigenvalue weighted by atomic mass is 16.5. The predicted octanol–water partition coefficient (Wildman–Crippen LogP) is 2.41. The summed E-state index contributed by atoms with van der Waals surface area (Å²) in [7, 11) is 0. The Morgan fingerprint density at radius 3 is 2.50 bits per heavy atom. The molecule has 0 aliphatic rings. The Labute approximate surface area is 109 Å². The molecule has 2 N–H and O–H groups in total. The number of carbonyl (C=O) groups is 1. The molecule has 4 nitrogen and oxygen atoms in total. The van der Waals surface area contributed by atoms with Crippen molar-refractivity contribution in [2.24, 2.45) is 0 Å². The maximum absolute atomic E-state index is 11.5. The molecular formula is C14H22N2O2. The van der Waals surface area contributed by atoms with Gasteiger partial charge in [0.25, 0.3) is 0 Å². The van der Waals surface area contributed by atoms with Gasteiger partial charge in [-0.15, -0.1) is 0 Å². The predicted molar refractivity (Wildman–Crippen MR) is 74.0 cm³/mol. The number of hydrogen-bond donors (Lipinski definition) is 2. The Morgan fingerprint density at radius 2 is 1.94 bits per heavy atom. The summed E-state index contributed by atoms with van der Waals surface area (Å²) < 4.78 is 5.66. The molecule has 1 unspecified atom stereocenters. The average Bonchev–Trinajstić information content (AvgIpc) is 2.38. The smallest absolute Gasteiger partial charge is 0.238 e. The lowest BCUT2D eigenvalue weighted by atomic mass is 10.2. The monoisotopic (exact) mass is 250 g/mol. The van der Waals surface area contributed by atoms with E-state index in [1.165, 1.54) is 0 Å². The fraction of sp³-hybridized carbons (Fsp3) is 0.500. The molecule has 1 atom stereocenters. The van der Waals surface area contributed by atoms with Gasteiger partial charge in [-0.2, -0.15) is 0 Å². The van der Waals surface area contributed by atoms with E-state index in [4.69, 9.17) is 4.74 Å². The first-order valence-corrected chi connectivity index (χ1v) is 6.43. The fourth-order valence-corrected chi connectivity index (χ4v) is 1.38. The highest BCUT2D eigenvalue weighted by Gasteiger charge is 2.03. The molecule has 0 bridgehead atoms. The molecule has 1 aromatic rings. The van der Waals surface area contributed by atoms with Gasteiger partial charge in [0.1, 0.15) is 5.75 Å². The maximum Gasteiger partial charge on any atom is 0.238 e. The molecular weight excluding hydrogens is 228 g/mol. The second-order valence-electron chi connectivity index (χ2n) is 4.19. The normalized spacial score (nSPS) is 11.9. The highest BCUT2D eigenvalue weighted by molar-refractivity contribution is 5.92. The van der Waals surface area contributed by atoms with E-state index >= 15 is 0 Å². The molecule has 1 amide bonds. The third-order valence-electron chi connectivity index (χ3n) is 2.59. The summed E-state index contributed by atoms with van der Waals surface area (Å²) in [5.74, 6) is 0.793. The highest BCUT2D eigenvalue weighted by Crippen LogP contribution is 2.17. The molecule has 0 spiro atoms. The van der Waals surface area contributed by atoms with Crippen molar-refractivity contribution < 1.29 is 9.53 Å². The first-order valence-electron chi connectivity index (χ1n) is 6.43. The van der Waals surface area contributed by atoms with Gasteiger partial charge in [0.2, 0.25) is 5.91 Å². The van der Waals surface area contributed by atoms with E-state index < -0.39 is 0 Å². The third kappa shape index (κ3) is 5.19. The minimum atomic E-state index is -0.0348. The standard InChI is InChI=1S/C14H22N2O2/c1-4-11(3)18-13-8-6-12(7-9-13)16-14(17)10-15-5-2/h6-9,11,15H,4-5,10H2,1-3H3,(H,16,17). The van der Waals surface area contributed by atoms with Crippen LogP contribution < -0.4 is 15.4 Å². The van der Waals surface area contributed by atoms with Gasteiger partial charge in [-0.25, -0.2) is 0 Å². The van der Waals surface area contributed by atoms with E-state index in [1.807, 2.05) is 38.1 Å². The first-order chi connectivity index (χ1) is 8.65. The minimum Gasteiger partial charge on any atom is -0.491 e. The van der Waals surface area contributed by atoms with Crippen LogP contribution in [0.15, 0.2) is 24.3 Å². The summed E-state index contributed by atoms with van der Waals surface area (Å²) >= 11 is 0. The van der Waals surface area contributed by atoms with Gasteiger partial charge in [-0.3, -0.25) is 4.79 Å². The Balaban J connectivity index is 2.47. The van der Waals surface area contributed by atoms with E-state index in [2.05, 4.69) is 17.6 Å². The van der Waals surface area contributed by atoms with Crippen molar-refractivity contribution in [3.8, 4) is 5.75 Å². The van der Waals surface area contributed by atoms with Crippen LogP contribution in [0.2, 0.25) is 0 Å². The Hall–Kier alpha value is -1.55. The van der Waals surface area contributed by atoms with Crippen molar-refractivity contribution >= 4 is 11.6 Å². The molecule has 0 aliphatic carbocycles. The van der Waals surface area contributed by atoms with Crippen LogP contribution in [0.3, 0.4) is 0 Å². The Kier molecular flexibility index (Phi) is 6.22. The topological polar surface area (TPSA) is 50.4 Å². The molecule has 0 aliphatic heterocycles. The van der Waals surface area contributed by atoms with Gasteiger partial charge >= 0.3 is 0 Å². The maximum atomic E-state index is 11.5. The lowest BCUT2D eigenvalue weighted by molar-refractivity contribution is -0.115. The summed E-state index contributed by atoms with van der Waals surface area (Å²) in [5, 5.41) is 5.79. The van der Waals surface area contributed by atoms with Crippen LogP contribution in [0.5, 0.6) is 5.75 Å². The van der Waals surface area contributed by atoms with Gasteiger partial charge in [-0.05, 0) is 44.2 Å². The molecule has 0 radical (unpaired) electrons. The number of benzene rings is 1. The molecule has 0 heterocycles. The summed E-state index contributed by atoms with van der Waals surface area (Å²) in [5.41, 5.74) is 0.786. The van der Waals surface area contributed by atoms with Crippen molar-refractivity contribution in [1.82, 2.24) is 5.32 Å². The quantitative estimate of drug-likeness (QED) is 0.781. The lowest BCUT2D eigenvalue weighted by Crippen LogP contribution is -2.27. The molecule has 18 heavy (non-hydrogen) atoms. The number of likely N-dealkylation sites (N-methyl/N-ethyl adjacent to an activating group) is 1. The van der Waals surface area contributed by atoms with Crippen LogP contribution in [0, 0.1) is 0 Å². The zero-order valence-electron chi connectivity index (χ0n) is 11.3. The molecule has 1 aromatic carbocycles. The van der Waals surface area contributed by atoms with Crippen LogP contribution in [0.4, 0.5) is 5.69 Å². The zero-order valence-corrected chi connectivity index (χ0v) is 11.3. The van der Waals surface area contributed by atoms with Gasteiger partial charge < -0.3 is 15.4 Å². The van der Waals surface area contributed by atoms with Crippen LogP contribution in [-0.4, -0.2) is 25.1 Å². The lowest BCUT2D eigenvalue weighted by Gasteiger charge is -2.13. The van der Waals surface area contributed by atoms with Gasteiger partial charge in [-0.1, -0.05) is 13.8 Å². The van der Waals surface area contributed by atoms with E-state index in [1.54, 1.807) is 0 Å². The van der Waals surface area contributed by atoms with Gasteiger partial charge in [0.05, 0.1) is 12.6 Å². The van der Waals surface area contributed by atoms with E-state index in [-0.39, 0.29) is 12.0 Å². The molecule has 0 fully saturated rings. The summed E-state index contributed by atoms with van der Waals surface area (Å²) in [6.07, 6.45) is 1.18. The number of amides is 1. The van der Waals surface area contributed by atoms with E-state index in [0.717, 1.165) is 24.4 Å². The van der Waals surface area contributed by atoms with Crippen LogP contribution in [0.25, 0.3) is 0 Å². The Morgan fingerprint density at radius 1 is 1.28 bits per heavy atom. The molecule has 0 saturated heterocycles. The molecule has 4 heteroatoms. The zero-order chi connectivity index (χ0) is 13.4. The largest absolute Gasteiger partial charge is 0.491 e. The van der Waals surface area contributed by atoms with Crippen molar-refractivity contribution in [1.29, 1.82) is 0 Å². The summed E-state index contributed by atoms with van der Waals surface area (Å²) in [6, 6.07) is 7.44. The third-order valence-corrected chi connectivity index (χ3v) is 2.59. The molecule has 1 rings (SSSR count). The first kappa shape index (κ1) is 14.5. The molecule has 0 aromatic heterocycles. The number of hydrogen-bond acceptors (Lipinski definition) is 3. The van der Waals surface area contributed by atoms with Gasteiger partial charge in [0, 0.05) is 5.69 Å². The van der Waals surface area contributed by atoms with Crippen LogP contribution in [0.1, 0.15) is 27.2 Å². The summed E-state index contributed by atoms with van der Waals surface area (Å²) in [6.45, 7) is 7.21. The second-order valence-corrected chi connectivity index (χ2v) is 4.19. The fourth-order valence-electron chi connectivity index (χ4n) is 1.38. The van der Waals surface area contributed by atoms with Crippen molar-refractivity contribution in [2.45, 2.75) is 33.3 Å². The van der Waals surface area contributed by atoms with E-state index in [9.17, 15) is 4.79 Å². The van der Waals surface area contributed by atoms with Crippen molar-refractivity contribution in [3.63, 3.8) is 0 Å². The van der Waals surface area contributed by atoms with Crippen LogP contribution >= 0.6 is 0 Å². The second kappa shape index (κ2) is 7.71. The number of anilines is 1. The number of carbonyl (C=O) groups excluding carboxylic acids is 1. The Bertz CT molecular complexity index is 363. The van der Waals surface area contributed by atoms with Crippen molar-refractivity contribution in [3.05, 3.63) is 24.3 Å². The van der Waals surface area contributed by atoms with E-state index in [0.29, 0.717) is 6.54 Å². The van der Waals surface area contributed by atoms with Crippen molar-refractivity contribution in [2.75, 3.05) is 18.4 Å². The minimum absolute atomic E-state index is 0.0348. The number of ether oxygens (including phenoxy) is 1. The number of rotatable bonds is 7. The average molecular weight is 250 g/mol.